The molecule has 0 radical (unpaired) electrons. The maximum absolute atomic E-state index is 12.2. The minimum atomic E-state index is -1.14. The van der Waals surface area contributed by atoms with Crippen LogP contribution < -0.4 is 16.4 Å². The number of aryl methyl sites for hydroxylation is 1. The van der Waals surface area contributed by atoms with E-state index in [-0.39, 0.29) is 25.2 Å². The van der Waals surface area contributed by atoms with Crippen LogP contribution >= 0.6 is 0 Å². The second kappa shape index (κ2) is 9.54. The normalized spacial score (nSPS) is 11.8. The van der Waals surface area contributed by atoms with Gasteiger partial charge in [-0.3, -0.25) is 9.59 Å². The first kappa shape index (κ1) is 20.9. The van der Waals surface area contributed by atoms with Crippen LogP contribution in [-0.2, 0) is 16.1 Å². The number of primary amides is 1. The van der Waals surface area contributed by atoms with Crippen LogP contribution in [0.15, 0.2) is 30.5 Å². The molecule has 0 aliphatic carbocycles. The Hall–Kier alpha value is -3.36. The van der Waals surface area contributed by atoms with E-state index in [1.807, 2.05) is 28.8 Å². The fourth-order valence-electron chi connectivity index (χ4n) is 2.98. The molecule has 0 bridgehead atoms. The fourth-order valence-corrected chi connectivity index (χ4v) is 2.98. The molecular formula is C19H24N4O5. The number of urea groups is 1. The van der Waals surface area contributed by atoms with E-state index < -0.39 is 23.9 Å². The van der Waals surface area contributed by atoms with E-state index in [1.54, 1.807) is 6.20 Å². The zero-order valence-electron chi connectivity index (χ0n) is 15.6. The molecule has 1 unspecified atom stereocenters. The monoisotopic (exact) mass is 388 g/mol. The highest BCUT2D eigenvalue weighted by molar-refractivity contribution is 6.07. The lowest BCUT2D eigenvalue weighted by molar-refractivity contribution is -0.142. The van der Waals surface area contributed by atoms with Gasteiger partial charge in [0.05, 0.1) is 0 Å². The molecule has 5 N–H and O–H groups in total. The maximum Gasteiger partial charge on any atom is 0.326 e. The van der Waals surface area contributed by atoms with Crippen molar-refractivity contribution >= 4 is 34.6 Å². The van der Waals surface area contributed by atoms with E-state index in [0.29, 0.717) is 18.5 Å². The Balaban J connectivity index is 1.95. The average molecular weight is 388 g/mol. The van der Waals surface area contributed by atoms with Gasteiger partial charge >= 0.3 is 12.0 Å². The van der Waals surface area contributed by atoms with Gasteiger partial charge in [0.2, 0.25) is 5.91 Å². The molecule has 1 atom stereocenters. The van der Waals surface area contributed by atoms with Gasteiger partial charge in [-0.2, -0.15) is 0 Å². The summed E-state index contributed by atoms with van der Waals surface area (Å²) in [5.74, 6) is -1.61. The second-order valence-electron chi connectivity index (χ2n) is 6.45. The Labute approximate surface area is 161 Å². The second-order valence-corrected chi connectivity index (χ2v) is 6.45. The number of nitrogens with one attached hydrogen (secondary N) is 2. The minimum Gasteiger partial charge on any atom is -0.480 e. The highest BCUT2D eigenvalue weighted by Gasteiger charge is 2.20. The molecule has 2 rings (SSSR count). The van der Waals surface area contributed by atoms with Crippen LogP contribution in [0, 0.1) is 0 Å². The summed E-state index contributed by atoms with van der Waals surface area (Å²) in [5.41, 5.74) is 6.37. The zero-order chi connectivity index (χ0) is 20.7. The highest BCUT2D eigenvalue weighted by Crippen LogP contribution is 2.22. The number of carbonyl (C=O) groups is 4. The van der Waals surface area contributed by atoms with Crippen molar-refractivity contribution in [3.05, 3.63) is 36.0 Å². The number of para-hydroxylation sites is 1. The number of nitrogens with two attached hydrogens (primary N) is 1. The van der Waals surface area contributed by atoms with E-state index in [4.69, 9.17) is 5.73 Å². The molecule has 9 nitrogen and oxygen atoms in total. The Bertz CT molecular complexity index is 890. The average Bonchev–Trinajstić information content (AvgIpc) is 3.01. The van der Waals surface area contributed by atoms with Crippen molar-refractivity contribution in [2.45, 2.75) is 38.8 Å². The third-order valence-corrected chi connectivity index (χ3v) is 4.35. The first-order valence-corrected chi connectivity index (χ1v) is 8.94. The lowest BCUT2D eigenvalue weighted by atomic mass is 10.1. The number of carboxylic acids is 1. The van der Waals surface area contributed by atoms with Crippen molar-refractivity contribution in [2.75, 3.05) is 6.54 Å². The largest absolute Gasteiger partial charge is 0.480 e. The topological polar surface area (TPSA) is 144 Å². The number of rotatable bonds is 10. The van der Waals surface area contributed by atoms with Crippen molar-refractivity contribution in [1.29, 1.82) is 0 Å². The van der Waals surface area contributed by atoms with E-state index in [1.165, 1.54) is 6.92 Å². The van der Waals surface area contributed by atoms with E-state index in [2.05, 4.69) is 10.6 Å². The van der Waals surface area contributed by atoms with Crippen LogP contribution in [0.5, 0.6) is 0 Å². The Morgan fingerprint density at radius 1 is 1.21 bits per heavy atom. The van der Waals surface area contributed by atoms with Gasteiger partial charge in [-0.25, -0.2) is 9.59 Å². The number of nitrogens with zero attached hydrogens (tertiary/aromatic N) is 1. The first-order chi connectivity index (χ1) is 13.3. The first-order valence-electron chi connectivity index (χ1n) is 8.94. The molecule has 28 heavy (non-hydrogen) atoms. The number of ketones is 1. The molecule has 0 saturated heterocycles. The van der Waals surface area contributed by atoms with Gasteiger partial charge < -0.3 is 26.0 Å². The molecule has 0 aliphatic rings. The SMILES string of the molecule is CC(=O)c1cn(CCC(=O)NC(CCCNC(N)=O)C(=O)O)c2ccccc12. The highest BCUT2D eigenvalue weighted by atomic mass is 16.4. The summed E-state index contributed by atoms with van der Waals surface area (Å²) in [5, 5.41) is 14.9. The number of carboxylic acid groups (broad SMARTS) is 1. The van der Waals surface area contributed by atoms with Gasteiger partial charge in [0.15, 0.2) is 5.78 Å². The summed E-state index contributed by atoms with van der Waals surface area (Å²) in [6.07, 6.45) is 2.32. The van der Waals surface area contributed by atoms with Crippen molar-refractivity contribution in [1.82, 2.24) is 15.2 Å². The molecule has 1 aromatic heterocycles. The number of aromatic nitrogens is 1. The number of aliphatic carboxylic acids is 1. The molecule has 0 spiro atoms. The Morgan fingerprint density at radius 3 is 2.57 bits per heavy atom. The number of amides is 3. The summed E-state index contributed by atoms with van der Waals surface area (Å²) >= 11 is 0. The Kier molecular flexibility index (Phi) is 7.14. The molecule has 2 aromatic rings. The van der Waals surface area contributed by atoms with E-state index in [9.17, 15) is 24.3 Å². The number of hydrogen-bond acceptors (Lipinski definition) is 4. The van der Waals surface area contributed by atoms with Gasteiger partial charge in [0, 0.05) is 42.2 Å². The molecule has 1 aromatic carbocycles. The van der Waals surface area contributed by atoms with Gasteiger partial charge in [0.25, 0.3) is 0 Å². The molecule has 0 aliphatic heterocycles. The summed E-state index contributed by atoms with van der Waals surface area (Å²) < 4.78 is 1.82. The third kappa shape index (κ3) is 5.57. The van der Waals surface area contributed by atoms with Crippen LogP contribution in [0.4, 0.5) is 4.79 Å². The quantitative estimate of drug-likeness (QED) is 0.358. The van der Waals surface area contributed by atoms with Crippen molar-refractivity contribution in [3.63, 3.8) is 0 Å². The number of fused-ring (bicyclic) bond motifs is 1. The maximum atomic E-state index is 12.2. The van der Waals surface area contributed by atoms with Crippen LogP contribution in [0.1, 0.15) is 36.5 Å². The smallest absolute Gasteiger partial charge is 0.326 e. The number of Topliss-reactive ketones (excluding diaryl/α,β-unsaturated/α-hetero) is 1. The Morgan fingerprint density at radius 2 is 1.93 bits per heavy atom. The lowest BCUT2D eigenvalue weighted by Gasteiger charge is -2.15. The number of benzene rings is 1. The molecule has 9 heteroatoms. The van der Waals surface area contributed by atoms with E-state index >= 15 is 0 Å². The fraction of sp³-hybridized carbons (Fsp3) is 0.368. The van der Waals surface area contributed by atoms with Crippen molar-refractivity contribution in [3.8, 4) is 0 Å². The van der Waals surface area contributed by atoms with Gasteiger partial charge in [-0.15, -0.1) is 0 Å². The predicted molar refractivity (Wildman–Crippen MR) is 103 cm³/mol. The summed E-state index contributed by atoms with van der Waals surface area (Å²) in [6, 6.07) is 5.69. The molecule has 0 saturated carbocycles. The van der Waals surface area contributed by atoms with Crippen LogP contribution in [0.3, 0.4) is 0 Å². The van der Waals surface area contributed by atoms with Gasteiger partial charge in [-0.1, -0.05) is 18.2 Å². The molecule has 0 fully saturated rings. The van der Waals surface area contributed by atoms with Crippen LogP contribution in [0.25, 0.3) is 10.9 Å². The van der Waals surface area contributed by atoms with Crippen LogP contribution in [0.2, 0.25) is 0 Å². The van der Waals surface area contributed by atoms with Crippen LogP contribution in [-0.4, -0.2) is 46.0 Å². The van der Waals surface area contributed by atoms with Crippen molar-refractivity contribution in [2.24, 2.45) is 5.73 Å². The van der Waals surface area contributed by atoms with Gasteiger partial charge in [0.1, 0.15) is 6.04 Å². The lowest BCUT2D eigenvalue weighted by Crippen LogP contribution is -2.41. The predicted octanol–water partition coefficient (Wildman–Crippen LogP) is 1.25. The van der Waals surface area contributed by atoms with Gasteiger partial charge in [-0.05, 0) is 25.8 Å². The minimum absolute atomic E-state index is 0.0603. The molecule has 3 amide bonds. The molecule has 1 heterocycles. The molecular weight excluding hydrogens is 364 g/mol. The standard InChI is InChI=1S/C19H24N4O5/c1-12(24)14-11-23(16-7-3-2-5-13(14)16)10-8-17(25)22-15(18(26)27)6-4-9-21-19(20)28/h2-3,5,7,11,15H,4,6,8-10H2,1H3,(H,22,25)(H,26,27)(H3,20,21,28). The third-order valence-electron chi connectivity index (χ3n) is 4.35. The number of carbonyl (C=O) groups excluding carboxylic acids is 3. The zero-order valence-corrected chi connectivity index (χ0v) is 15.6. The summed E-state index contributed by atoms with van der Waals surface area (Å²) in [7, 11) is 0. The summed E-state index contributed by atoms with van der Waals surface area (Å²) in [6.45, 7) is 2.04. The molecule has 150 valence electrons. The van der Waals surface area contributed by atoms with Crippen molar-refractivity contribution < 1.29 is 24.3 Å². The summed E-state index contributed by atoms with van der Waals surface area (Å²) in [4.78, 5) is 45.9. The van der Waals surface area contributed by atoms with E-state index in [0.717, 1.165) is 10.9 Å². The number of hydrogen-bond donors (Lipinski definition) is 4.